The third-order valence-corrected chi connectivity index (χ3v) is 2.63. The van der Waals surface area contributed by atoms with Crippen LogP contribution in [0.2, 0.25) is 0 Å². The maximum atomic E-state index is 13.3. The van der Waals surface area contributed by atoms with Gasteiger partial charge in [0.2, 0.25) is 5.82 Å². The zero-order valence-electron chi connectivity index (χ0n) is 10.6. The molecule has 2 rings (SSSR count). The van der Waals surface area contributed by atoms with Gasteiger partial charge in [-0.25, -0.2) is 22.0 Å². The van der Waals surface area contributed by atoms with Gasteiger partial charge in [-0.05, 0) is 12.1 Å². The summed E-state index contributed by atoms with van der Waals surface area (Å²) in [6, 6.07) is 8.57. The van der Waals surface area contributed by atoms with Gasteiger partial charge in [0.05, 0.1) is 0 Å². The van der Waals surface area contributed by atoms with Gasteiger partial charge in [-0.1, -0.05) is 18.2 Å². The predicted octanol–water partition coefficient (Wildman–Crippen LogP) is 3.87. The molecule has 0 atom stereocenters. The Bertz CT molecular complexity index is 604. The Labute approximate surface area is 117 Å². The summed E-state index contributed by atoms with van der Waals surface area (Å²) in [5, 5.41) is 2.14. The van der Waals surface area contributed by atoms with Crippen LogP contribution in [0.5, 0.6) is 5.75 Å². The lowest BCUT2D eigenvalue weighted by Gasteiger charge is -2.11. The highest BCUT2D eigenvalue weighted by Gasteiger charge is 2.25. The standard InChI is InChI=1S/C14H10F5NO/c15-9-10(16)12(18)14(13(19)11(9)17)20-6-7-21-8-4-2-1-3-5-8/h1-5,20H,6-7H2. The van der Waals surface area contributed by atoms with Crippen molar-refractivity contribution in [2.24, 2.45) is 0 Å². The monoisotopic (exact) mass is 303 g/mol. The molecule has 7 heteroatoms. The van der Waals surface area contributed by atoms with E-state index in [-0.39, 0.29) is 13.2 Å². The smallest absolute Gasteiger partial charge is 0.200 e. The molecule has 0 saturated carbocycles. The van der Waals surface area contributed by atoms with E-state index in [0.29, 0.717) is 5.75 Å². The Morgan fingerprint density at radius 1 is 0.762 bits per heavy atom. The lowest BCUT2D eigenvalue weighted by molar-refractivity contribution is 0.331. The minimum Gasteiger partial charge on any atom is -0.492 e. The van der Waals surface area contributed by atoms with Crippen LogP contribution in [0.4, 0.5) is 27.6 Å². The molecule has 112 valence electrons. The van der Waals surface area contributed by atoms with Crippen LogP contribution in [0, 0.1) is 29.1 Å². The van der Waals surface area contributed by atoms with Crippen LogP contribution in [-0.2, 0) is 0 Å². The molecule has 0 aliphatic carbocycles. The average Bonchev–Trinajstić information content (AvgIpc) is 2.51. The molecule has 0 fully saturated rings. The number of anilines is 1. The number of hydrogen-bond acceptors (Lipinski definition) is 2. The molecule has 0 aliphatic rings. The summed E-state index contributed by atoms with van der Waals surface area (Å²) in [6.45, 7) is -0.142. The zero-order chi connectivity index (χ0) is 15.4. The third kappa shape index (κ3) is 3.24. The fraction of sp³-hybridized carbons (Fsp3) is 0.143. The van der Waals surface area contributed by atoms with Crippen LogP contribution in [0.3, 0.4) is 0 Å². The Morgan fingerprint density at radius 3 is 1.86 bits per heavy atom. The van der Waals surface area contributed by atoms with E-state index in [1.54, 1.807) is 30.3 Å². The molecule has 0 aromatic heterocycles. The lowest BCUT2D eigenvalue weighted by Crippen LogP contribution is -2.15. The SMILES string of the molecule is Fc1c(F)c(F)c(NCCOc2ccccc2)c(F)c1F. The molecule has 2 nitrogen and oxygen atoms in total. The average molecular weight is 303 g/mol. The fourth-order valence-corrected chi connectivity index (χ4v) is 1.62. The Morgan fingerprint density at radius 2 is 1.29 bits per heavy atom. The summed E-state index contributed by atoms with van der Waals surface area (Å²) in [5.41, 5.74) is -1.07. The Hall–Kier alpha value is -2.31. The van der Waals surface area contributed by atoms with Crippen molar-refractivity contribution in [1.82, 2.24) is 0 Å². The second kappa shape index (κ2) is 6.43. The molecule has 0 radical (unpaired) electrons. The topological polar surface area (TPSA) is 21.3 Å². The summed E-state index contributed by atoms with van der Waals surface area (Å²) in [4.78, 5) is 0. The molecule has 0 unspecified atom stereocenters. The number of para-hydroxylation sites is 1. The molecule has 0 amide bonds. The molecular weight excluding hydrogens is 293 g/mol. The van der Waals surface area contributed by atoms with Gasteiger partial charge in [0.25, 0.3) is 0 Å². The molecule has 21 heavy (non-hydrogen) atoms. The van der Waals surface area contributed by atoms with E-state index in [4.69, 9.17) is 4.74 Å². The summed E-state index contributed by atoms with van der Waals surface area (Å²) in [7, 11) is 0. The van der Waals surface area contributed by atoms with Gasteiger partial charge in [-0.15, -0.1) is 0 Å². The van der Waals surface area contributed by atoms with Crippen LogP contribution in [0.25, 0.3) is 0 Å². The van der Waals surface area contributed by atoms with Crippen molar-refractivity contribution in [3.8, 4) is 5.75 Å². The van der Waals surface area contributed by atoms with Crippen molar-refractivity contribution in [3.05, 3.63) is 59.4 Å². The number of benzene rings is 2. The van der Waals surface area contributed by atoms with Crippen molar-refractivity contribution >= 4 is 5.69 Å². The van der Waals surface area contributed by atoms with Crippen LogP contribution in [0.1, 0.15) is 0 Å². The first kappa shape index (κ1) is 15.1. The van der Waals surface area contributed by atoms with Gasteiger partial charge in [-0.2, -0.15) is 0 Å². The van der Waals surface area contributed by atoms with Crippen LogP contribution >= 0.6 is 0 Å². The van der Waals surface area contributed by atoms with Crippen LogP contribution in [0.15, 0.2) is 30.3 Å². The highest BCUT2D eigenvalue weighted by Crippen LogP contribution is 2.26. The lowest BCUT2D eigenvalue weighted by atomic mass is 10.2. The number of nitrogens with one attached hydrogen (secondary N) is 1. The first-order valence-corrected chi connectivity index (χ1v) is 5.95. The molecule has 0 bridgehead atoms. The van der Waals surface area contributed by atoms with Crippen molar-refractivity contribution in [2.45, 2.75) is 0 Å². The van der Waals surface area contributed by atoms with Crippen LogP contribution < -0.4 is 10.1 Å². The van der Waals surface area contributed by atoms with Gasteiger partial charge in [0.1, 0.15) is 18.0 Å². The van der Waals surface area contributed by atoms with E-state index in [1.807, 2.05) is 0 Å². The van der Waals surface area contributed by atoms with Gasteiger partial charge < -0.3 is 10.1 Å². The van der Waals surface area contributed by atoms with E-state index in [2.05, 4.69) is 5.32 Å². The van der Waals surface area contributed by atoms with E-state index < -0.39 is 34.8 Å². The number of hydrogen-bond donors (Lipinski definition) is 1. The van der Waals surface area contributed by atoms with Gasteiger partial charge in [0.15, 0.2) is 23.3 Å². The third-order valence-electron chi connectivity index (χ3n) is 2.63. The largest absolute Gasteiger partial charge is 0.492 e. The van der Waals surface area contributed by atoms with Gasteiger partial charge >= 0.3 is 0 Å². The minimum atomic E-state index is -2.18. The number of ether oxygens (including phenoxy) is 1. The first-order valence-electron chi connectivity index (χ1n) is 5.95. The van der Waals surface area contributed by atoms with Gasteiger partial charge in [-0.3, -0.25) is 0 Å². The van der Waals surface area contributed by atoms with E-state index in [1.165, 1.54) is 0 Å². The maximum absolute atomic E-state index is 13.3. The van der Waals surface area contributed by atoms with Crippen molar-refractivity contribution in [2.75, 3.05) is 18.5 Å². The molecule has 1 N–H and O–H groups in total. The van der Waals surface area contributed by atoms with Crippen LogP contribution in [-0.4, -0.2) is 13.2 Å². The molecule has 0 saturated heterocycles. The number of halogens is 5. The quantitative estimate of drug-likeness (QED) is 0.392. The van der Waals surface area contributed by atoms with Crippen molar-refractivity contribution in [1.29, 1.82) is 0 Å². The van der Waals surface area contributed by atoms with Crippen molar-refractivity contribution < 1.29 is 26.7 Å². The normalized spacial score (nSPS) is 10.5. The highest BCUT2D eigenvalue weighted by atomic mass is 19.2. The van der Waals surface area contributed by atoms with E-state index in [9.17, 15) is 22.0 Å². The molecule has 2 aromatic rings. The highest BCUT2D eigenvalue weighted by molar-refractivity contribution is 5.47. The Kier molecular flexibility index (Phi) is 4.62. The molecular formula is C14H10F5NO. The first-order chi connectivity index (χ1) is 10.0. The second-order valence-electron chi connectivity index (χ2n) is 4.03. The minimum absolute atomic E-state index is 0.0104. The molecule has 0 spiro atoms. The fourth-order valence-electron chi connectivity index (χ4n) is 1.62. The summed E-state index contributed by atoms with van der Waals surface area (Å²) in [5.74, 6) is -9.43. The van der Waals surface area contributed by atoms with Gasteiger partial charge in [0, 0.05) is 6.54 Å². The van der Waals surface area contributed by atoms with Crippen molar-refractivity contribution in [3.63, 3.8) is 0 Å². The van der Waals surface area contributed by atoms with E-state index >= 15 is 0 Å². The molecule has 0 aliphatic heterocycles. The predicted molar refractivity (Wildman–Crippen MR) is 66.7 cm³/mol. The summed E-state index contributed by atoms with van der Waals surface area (Å²) < 4.78 is 70.6. The summed E-state index contributed by atoms with van der Waals surface area (Å²) >= 11 is 0. The molecule has 0 heterocycles. The zero-order valence-corrected chi connectivity index (χ0v) is 10.6. The maximum Gasteiger partial charge on any atom is 0.200 e. The Balaban J connectivity index is 2.01. The second-order valence-corrected chi connectivity index (χ2v) is 4.03. The number of rotatable bonds is 5. The summed E-state index contributed by atoms with van der Waals surface area (Å²) in [6.07, 6.45) is 0. The molecule has 2 aromatic carbocycles. The van der Waals surface area contributed by atoms with E-state index in [0.717, 1.165) is 0 Å².